The van der Waals surface area contributed by atoms with Crippen LogP contribution in [0.15, 0.2) is 91.0 Å². The number of rotatable bonds is 8. The molecule has 1 N–H and O–H groups in total. The second kappa shape index (κ2) is 9.40. The fourth-order valence-electron chi connectivity index (χ4n) is 3.74. The van der Waals surface area contributed by atoms with Gasteiger partial charge >= 0.3 is 0 Å². The van der Waals surface area contributed by atoms with Crippen molar-refractivity contribution in [3.63, 3.8) is 0 Å². The van der Waals surface area contributed by atoms with Gasteiger partial charge in [0.1, 0.15) is 18.5 Å². The van der Waals surface area contributed by atoms with Crippen LogP contribution in [0, 0.1) is 0 Å². The monoisotopic (exact) mass is 406 g/mol. The van der Waals surface area contributed by atoms with Gasteiger partial charge in [-0.1, -0.05) is 99.6 Å². The Morgan fingerprint density at radius 1 is 0.724 bits per heavy atom. The Bertz CT molecular complexity index is 821. The van der Waals surface area contributed by atoms with Crippen LogP contribution < -0.4 is 15.1 Å². The molecule has 0 radical (unpaired) electrons. The van der Waals surface area contributed by atoms with Crippen molar-refractivity contribution in [2.75, 3.05) is 13.2 Å². The van der Waals surface area contributed by atoms with E-state index in [1.165, 1.54) is 10.4 Å². The van der Waals surface area contributed by atoms with Crippen molar-refractivity contribution in [1.29, 1.82) is 0 Å². The predicted molar refractivity (Wildman–Crippen MR) is 122 cm³/mol. The third kappa shape index (κ3) is 4.96. The van der Waals surface area contributed by atoms with Gasteiger partial charge in [0.05, 0.1) is 6.61 Å². The highest BCUT2D eigenvalue weighted by atomic mass is 28.4. The van der Waals surface area contributed by atoms with Crippen LogP contribution in [0.1, 0.15) is 20.8 Å². The van der Waals surface area contributed by atoms with Gasteiger partial charge in [0.15, 0.2) is 0 Å². The molecule has 0 unspecified atom stereocenters. The fourth-order valence-corrected chi connectivity index (χ4v) is 8.34. The van der Waals surface area contributed by atoms with E-state index in [0.717, 1.165) is 5.75 Å². The lowest BCUT2D eigenvalue weighted by molar-refractivity contribution is 0.0591. The maximum atomic E-state index is 10.6. The Hall–Kier alpha value is -2.40. The third-order valence-corrected chi connectivity index (χ3v) is 10.1. The normalized spacial score (nSPS) is 13.1. The smallest absolute Gasteiger partial charge is 0.261 e. The molecule has 0 saturated carbocycles. The summed E-state index contributed by atoms with van der Waals surface area (Å²) in [5, 5.41) is 12.9. The van der Waals surface area contributed by atoms with E-state index in [1.807, 2.05) is 42.5 Å². The highest BCUT2D eigenvalue weighted by Gasteiger charge is 2.50. The molecule has 0 fully saturated rings. The zero-order valence-electron chi connectivity index (χ0n) is 17.4. The van der Waals surface area contributed by atoms with E-state index >= 15 is 0 Å². The first-order chi connectivity index (χ1) is 13.9. The number of aliphatic hydroxyl groups excluding tert-OH is 1. The van der Waals surface area contributed by atoms with Gasteiger partial charge in [-0.25, -0.2) is 0 Å². The minimum absolute atomic E-state index is 0.115. The van der Waals surface area contributed by atoms with Gasteiger partial charge in [0, 0.05) is 0 Å². The Balaban J connectivity index is 1.85. The third-order valence-electron chi connectivity index (χ3n) is 5.09. The molecule has 3 aromatic rings. The van der Waals surface area contributed by atoms with E-state index in [-0.39, 0.29) is 18.3 Å². The van der Waals surface area contributed by atoms with E-state index in [9.17, 15) is 5.11 Å². The number of ether oxygens (including phenoxy) is 1. The molecule has 0 bridgehead atoms. The van der Waals surface area contributed by atoms with Gasteiger partial charge in [-0.05, 0) is 27.5 Å². The topological polar surface area (TPSA) is 38.7 Å². The van der Waals surface area contributed by atoms with E-state index < -0.39 is 14.4 Å². The first-order valence-electron chi connectivity index (χ1n) is 10.0. The van der Waals surface area contributed by atoms with Crippen molar-refractivity contribution in [3.05, 3.63) is 91.0 Å². The van der Waals surface area contributed by atoms with Crippen molar-refractivity contribution in [1.82, 2.24) is 0 Å². The quantitative estimate of drug-likeness (QED) is 0.575. The van der Waals surface area contributed by atoms with Crippen LogP contribution in [0.4, 0.5) is 0 Å². The molecular formula is C25H30O3Si. The number of hydrogen-bond acceptors (Lipinski definition) is 3. The number of aliphatic hydroxyl groups is 1. The van der Waals surface area contributed by atoms with E-state index in [4.69, 9.17) is 9.16 Å². The molecule has 3 nitrogen and oxygen atoms in total. The molecule has 0 spiro atoms. The summed E-state index contributed by atoms with van der Waals surface area (Å²) in [5.74, 6) is 0.747. The lowest BCUT2D eigenvalue weighted by atomic mass is 10.2. The molecule has 0 saturated heterocycles. The molecule has 0 amide bonds. The van der Waals surface area contributed by atoms with Crippen LogP contribution in [0.2, 0.25) is 5.04 Å². The fraction of sp³-hybridized carbons (Fsp3) is 0.280. The Kier molecular flexibility index (Phi) is 6.90. The molecule has 3 aromatic carbocycles. The average molecular weight is 407 g/mol. The van der Waals surface area contributed by atoms with Crippen LogP contribution >= 0.6 is 0 Å². The maximum absolute atomic E-state index is 10.6. The van der Waals surface area contributed by atoms with E-state index in [1.54, 1.807) is 0 Å². The van der Waals surface area contributed by atoms with Crippen molar-refractivity contribution in [2.45, 2.75) is 31.9 Å². The summed E-state index contributed by atoms with van der Waals surface area (Å²) < 4.78 is 12.4. The zero-order valence-corrected chi connectivity index (χ0v) is 18.4. The minimum Gasteiger partial charge on any atom is -0.491 e. The largest absolute Gasteiger partial charge is 0.491 e. The van der Waals surface area contributed by atoms with Crippen LogP contribution in [0.25, 0.3) is 0 Å². The number of hydrogen-bond donors (Lipinski definition) is 1. The molecule has 4 heteroatoms. The Labute approximate surface area is 175 Å². The standard InChI is InChI=1S/C25H30O3Si/c1-25(2,3)29(23-15-9-5-10-16-23,24-17-11-6-12-18-24)28-20-21(26)19-27-22-13-7-4-8-14-22/h4-18,21,26H,19-20H2,1-3H3/t21-/m0/s1. The summed E-state index contributed by atoms with van der Waals surface area (Å²) in [7, 11) is -2.64. The molecule has 0 aliphatic heterocycles. The molecule has 3 rings (SSSR count). The number of benzene rings is 3. The van der Waals surface area contributed by atoms with Crippen molar-refractivity contribution in [2.24, 2.45) is 0 Å². The van der Waals surface area contributed by atoms with Gasteiger partial charge in [0.25, 0.3) is 8.32 Å². The van der Waals surface area contributed by atoms with Gasteiger partial charge in [-0.2, -0.15) is 0 Å². The first kappa shape index (κ1) is 21.3. The average Bonchev–Trinajstić information content (AvgIpc) is 2.74. The first-order valence-corrected chi connectivity index (χ1v) is 12.0. The van der Waals surface area contributed by atoms with Crippen LogP contribution in [-0.2, 0) is 4.43 Å². The molecule has 0 heterocycles. The predicted octanol–water partition coefficient (Wildman–Crippen LogP) is 4.00. The highest BCUT2D eigenvalue weighted by molar-refractivity contribution is 6.99. The summed E-state index contributed by atoms with van der Waals surface area (Å²) in [6.07, 6.45) is -0.711. The van der Waals surface area contributed by atoms with Gasteiger partial charge in [-0.15, -0.1) is 0 Å². The van der Waals surface area contributed by atoms with Gasteiger partial charge < -0.3 is 14.3 Å². The SMILES string of the molecule is CC(C)(C)[Si](OC[C@@H](O)COc1ccccc1)(c1ccccc1)c1ccccc1. The lowest BCUT2D eigenvalue weighted by Crippen LogP contribution is -2.67. The summed E-state index contributed by atoms with van der Waals surface area (Å²) >= 11 is 0. The van der Waals surface area contributed by atoms with E-state index in [0.29, 0.717) is 0 Å². The molecule has 0 aliphatic rings. The second-order valence-electron chi connectivity index (χ2n) is 8.25. The van der Waals surface area contributed by atoms with Crippen LogP contribution in [0.3, 0.4) is 0 Å². The molecule has 152 valence electrons. The molecule has 0 aliphatic carbocycles. The van der Waals surface area contributed by atoms with Crippen molar-refractivity contribution >= 4 is 18.7 Å². The highest BCUT2D eigenvalue weighted by Crippen LogP contribution is 2.36. The van der Waals surface area contributed by atoms with Gasteiger partial charge in [-0.3, -0.25) is 0 Å². The lowest BCUT2D eigenvalue weighted by Gasteiger charge is -2.43. The van der Waals surface area contributed by atoms with Crippen LogP contribution in [-0.4, -0.2) is 32.7 Å². The summed E-state index contributed by atoms with van der Waals surface area (Å²) in [5.41, 5.74) is 0. The Morgan fingerprint density at radius 2 is 1.17 bits per heavy atom. The summed E-state index contributed by atoms with van der Waals surface area (Å²) in [6, 6.07) is 30.4. The van der Waals surface area contributed by atoms with Crippen molar-refractivity contribution in [3.8, 4) is 5.75 Å². The number of para-hydroxylation sites is 1. The molecule has 29 heavy (non-hydrogen) atoms. The van der Waals surface area contributed by atoms with Gasteiger partial charge in [0.2, 0.25) is 0 Å². The Morgan fingerprint density at radius 3 is 1.62 bits per heavy atom. The summed E-state index contributed by atoms with van der Waals surface area (Å²) in [6.45, 7) is 7.10. The van der Waals surface area contributed by atoms with Crippen molar-refractivity contribution < 1.29 is 14.3 Å². The second-order valence-corrected chi connectivity index (χ2v) is 12.6. The molecular weight excluding hydrogens is 376 g/mol. The molecule has 0 aromatic heterocycles. The minimum atomic E-state index is -2.64. The maximum Gasteiger partial charge on any atom is 0.261 e. The molecule has 1 atom stereocenters. The summed E-state index contributed by atoms with van der Waals surface area (Å²) in [4.78, 5) is 0. The van der Waals surface area contributed by atoms with Crippen LogP contribution in [0.5, 0.6) is 5.75 Å². The zero-order chi connectivity index (χ0) is 20.7. The van der Waals surface area contributed by atoms with E-state index in [2.05, 4.69) is 69.3 Å².